The van der Waals surface area contributed by atoms with Gasteiger partial charge in [0.15, 0.2) is 0 Å². The van der Waals surface area contributed by atoms with Gasteiger partial charge in [-0.1, -0.05) is 17.7 Å². The van der Waals surface area contributed by atoms with E-state index in [1.807, 2.05) is 18.7 Å². The predicted molar refractivity (Wildman–Crippen MR) is 83.4 cm³/mol. The molecule has 1 aromatic rings. The lowest BCUT2D eigenvalue weighted by Crippen LogP contribution is -2.41. The third-order valence-corrected chi connectivity index (χ3v) is 4.47. The lowest BCUT2D eigenvalue weighted by atomic mass is 10.1. The van der Waals surface area contributed by atoms with E-state index in [0.717, 1.165) is 23.6 Å². The van der Waals surface area contributed by atoms with Gasteiger partial charge in [-0.05, 0) is 13.0 Å². The molecule has 1 fully saturated rings. The van der Waals surface area contributed by atoms with Gasteiger partial charge < -0.3 is 15.4 Å². The fourth-order valence-electron chi connectivity index (χ4n) is 2.30. The van der Waals surface area contributed by atoms with Gasteiger partial charge in [0, 0.05) is 42.6 Å². The highest BCUT2D eigenvalue weighted by Gasteiger charge is 2.17. The first-order valence-electron chi connectivity index (χ1n) is 7.17. The number of hydrogen-bond acceptors (Lipinski definition) is 4. The van der Waals surface area contributed by atoms with Crippen LogP contribution < -0.4 is 15.4 Å². The average Bonchev–Trinajstić information content (AvgIpc) is 2.48. The number of ether oxygens (including phenoxy) is 1. The second-order valence-corrected chi connectivity index (χ2v) is 6.35. The average molecular weight is 330 g/mol. The first kappa shape index (κ1) is 17.0. The molecular weight excluding hydrogens is 310 g/mol. The molecule has 2 rings (SSSR count). The first-order valence-corrected chi connectivity index (χ1v) is 8.32. The van der Waals surface area contributed by atoms with Crippen LogP contribution in [0.25, 0.3) is 0 Å². The molecule has 1 heterocycles. The van der Waals surface area contributed by atoms with Crippen LogP contribution in [0.1, 0.15) is 17.5 Å². The number of benzene rings is 1. The molecule has 1 aliphatic heterocycles. The summed E-state index contributed by atoms with van der Waals surface area (Å²) in [6.07, 6.45) is 0.393. The molecule has 1 aliphatic rings. The van der Waals surface area contributed by atoms with E-state index in [2.05, 4.69) is 15.4 Å². The van der Waals surface area contributed by atoms with E-state index in [4.69, 9.17) is 0 Å². The van der Waals surface area contributed by atoms with Gasteiger partial charge in [0.1, 0.15) is 5.75 Å². The van der Waals surface area contributed by atoms with E-state index < -0.39 is 6.61 Å². The van der Waals surface area contributed by atoms with Crippen molar-refractivity contribution in [3.8, 4) is 5.75 Å². The Bertz CT molecular complexity index is 508. The van der Waals surface area contributed by atoms with Crippen LogP contribution in [-0.2, 0) is 11.3 Å². The summed E-state index contributed by atoms with van der Waals surface area (Å²) < 4.78 is 29.3. The van der Waals surface area contributed by atoms with Crippen molar-refractivity contribution >= 4 is 17.7 Å². The third kappa shape index (κ3) is 5.46. The number of aryl methyl sites for hydroxylation is 1. The summed E-state index contributed by atoms with van der Waals surface area (Å²) in [5.41, 5.74) is 1.48. The third-order valence-electron chi connectivity index (χ3n) is 3.34. The summed E-state index contributed by atoms with van der Waals surface area (Å²) in [6, 6.07) is 5.12. The second kappa shape index (κ2) is 8.33. The molecule has 0 aromatic heterocycles. The molecule has 1 amide bonds. The van der Waals surface area contributed by atoms with Crippen molar-refractivity contribution in [1.82, 2.24) is 10.6 Å². The molecule has 1 aromatic carbocycles. The highest BCUT2D eigenvalue weighted by molar-refractivity contribution is 7.99. The molecule has 0 aliphatic carbocycles. The number of hydrogen-bond donors (Lipinski definition) is 2. The summed E-state index contributed by atoms with van der Waals surface area (Å²) in [6.45, 7) is 0.0799. The topological polar surface area (TPSA) is 50.4 Å². The van der Waals surface area contributed by atoms with Gasteiger partial charge in [0.25, 0.3) is 0 Å². The Morgan fingerprint density at radius 2 is 2.36 bits per heavy atom. The Labute approximate surface area is 133 Å². The largest absolute Gasteiger partial charge is 0.434 e. The second-order valence-electron chi connectivity index (χ2n) is 5.20. The number of carbonyl (C=O) groups is 1. The molecule has 122 valence electrons. The quantitative estimate of drug-likeness (QED) is 0.840. The van der Waals surface area contributed by atoms with Crippen LogP contribution in [0, 0.1) is 6.92 Å². The summed E-state index contributed by atoms with van der Waals surface area (Å²) in [7, 11) is 0. The number of alkyl halides is 2. The highest BCUT2D eigenvalue weighted by Crippen LogP contribution is 2.22. The Morgan fingerprint density at radius 1 is 1.55 bits per heavy atom. The Kier molecular flexibility index (Phi) is 6.45. The molecule has 0 spiro atoms. The molecular formula is C15H20F2N2O2S. The van der Waals surface area contributed by atoms with Gasteiger partial charge >= 0.3 is 6.61 Å². The van der Waals surface area contributed by atoms with Gasteiger partial charge in [-0.2, -0.15) is 20.5 Å². The minimum atomic E-state index is -2.87. The van der Waals surface area contributed by atoms with Crippen molar-refractivity contribution in [3.63, 3.8) is 0 Å². The van der Waals surface area contributed by atoms with E-state index >= 15 is 0 Å². The molecule has 0 bridgehead atoms. The standard InChI is InChI=1S/C15H20F2N2O2S/c1-10-2-3-13(21-15(16)17)11(6-10)8-19-14(20)7-12-9-22-5-4-18-12/h2-3,6,12,15,18H,4-5,7-9H2,1H3,(H,19,20). The normalized spacial score (nSPS) is 18.3. The maximum absolute atomic E-state index is 12.4. The minimum absolute atomic E-state index is 0.0931. The zero-order valence-corrected chi connectivity index (χ0v) is 13.2. The van der Waals surface area contributed by atoms with Gasteiger partial charge in [0.2, 0.25) is 5.91 Å². The van der Waals surface area contributed by atoms with Crippen LogP contribution in [0.5, 0.6) is 5.75 Å². The van der Waals surface area contributed by atoms with E-state index in [1.165, 1.54) is 6.07 Å². The molecule has 1 saturated heterocycles. The smallest absolute Gasteiger partial charge is 0.387 e. The molecule has 0 saturated carbocycles. The molecule has 2 N–H and O–H groups in total. The van der Waals surface area contributed by atoms with Crippen molar-refractivity contribution in [3.05, 3.63) is 29.3 Å². The van der Waals surface area contributed by atoms with Crippen LogP contribution in [0.4, 0.5) is 8.78 Å². The lowest BCUT2D eigenvalue weighted by Gasteiger charge is -2.22. The van der Waals surface area contributed by atoms with Crippen LogP contribution in [0.15, 0.2) is 18.2 Å². The minimum Gasteiger partial charge on any atom is -0.434 e. The maximum Gasteiger partial charge on any atom is 0.387 e. The van der Waals surface area contributed by atoms with E-state index in [9.17, 15) is 13.6 Å². The predicted octanol–water partition coefficient (Wildman–Crippen LogP) is 2.31. The number of amides is 1. The van der Waals surface area contributed by atoms with Crippen LogP contribution >= 0.6 is 11.8 Å². The summed E-state index contributed by atoms with van der Waals surface area (Å²) >= 11 is 1.82. The summed E-state index contributed by atoms with van der Waals surface area (Å²) in [5.74, 6) is 1.99. The van der Waals surface area contributed by atoms with Crippen LogP contribution in [0.2, 0.25) is 0 Å². The van der Waals surface area contributed by atoms with E-state index in [-0.39, 0.29) is 24.2 Å². The van der Waals surface area contributed by atoms with Gasteiger partial charge in [-0.25, -0.2) is 0 Å². The number of thioether (sulfide) groups is 1. The van der Waals surface area contributed by atoms with E-state index in [0.29, 0.717) is 12.0 Å². The maximum atomic E-state index is 12.4. The zero-order chi connectivity index (χ0) is 15.9. The van der Waals surface area contributed by atoms with Crippen LogP contribution in [0.3, 0.4) is 0 Å². The van der Waals surface area contributed by atoms with Gasteiger partial charge in [-0.15, -0.1) is 0 Å². The Morgan fingerprint density at radius 3 is 3.05 bits per heavy atom. The number of carbonyl (C=O) groups excluding carboxylic acids is 1. The monoisotopic (exact) mass is 330 g/mol. The molecule has 1 unspecified atom stereocenters. The Balaban J connectivity index is 1.89. The SMILES string of the molecule is Cc1ccc(OC(F)F)c(CNC(=O)CC2CSCCN2)c1. The van der Waals surface area contributed by atoms with Crippen LogP contribution in [-0.4, -0.2) is 36.6 Å². The first-order chi connectivity index (χ1) is 10.5. The number of halogens is 2. The summed E-state index contributed by atoms with van der Waals surface area (Å²) in [4.78, 5) is 12.0. The van der Waals surface area contributed by atoms with Crippen molar-refractivity contribution in [2.24, 2.45) is 0 Å². The fourth-order valence-corrected chi connectivity index (χ4v) is 3.25. The molecule has 7 heteroatoms. The molecule has 1 atom stereocenters. The highest BCUT2D eigenvalue weighted by atomic mass is 32.2. The number of nitrogens with one attached hydrogen (secondary N) is 2. The Hall–Kier alpha value is -1.34. The molecule has 4 nitrogen and oxygen atoms in total. The number of rotatable bonds is 6. The van der Waals surface area contributed by atoms with Gasteiger partial charge in [-0.3, -0.25) is 4.79 Å². The van der Waals surface area contributed by atoms with E-state index in [1.54, 1.807) is 12.1 Å². The lowest BCUT2D eigenvalue weighted by molar-refractivity contribution is -0.121. The fraction of sp³-hybridized carbons (Fsp3) is 0.533. The summed E-state index contributed by atoms with van der Waals surface area (Å²) in [5, 5.41) is 6.06. The van der Waals surface area contributed by atoms with Crippen molar-refractivity contribution in [2.45, 2.75) is 32.5 Å². The molecule has 22 heavy (non-hydrogen) atoms. The van der Waals surface area contributed by atoms with Gasteiger partial charge in [0.05, 0.1) is 0 Å². The zero-order valence-electron chi connectivity index (χ0n) is 12.4. The van der Waals surface area contributed by atoms with Crippen molar-refractivity contribution in [1.29, 1.82) is 0 Å². The van der Waals surface area contributed by atoms with Crippen molar-refractivity contribution in [2.75, 3.05) is 18.1 Å². The molecule has 0 radical (unpaired) electrons. The van der Waals surface area contributed by atoms with Crippen molar-refractivity contribution < 1.29 is 18.3 Å².